The fourth-order valence-corrected chi connectivity index (χ4v) is 3.46. The molecule has 1 fully saturated rings. The van der Waals surface area contributed by atoms with Crippen LogP contribution in [0.4, 0.5) is 30.4 Å². The molecule has 2 aromatic rings. The van der Waals surface area contributed by atoms with E-state index in [-0.39, 0.29) is 37.4 Å². The molecule has 0 saturated carbocycles. The van der Waals surface area contributed by atoms with Crippen LogP contribution in [0.5, 0.6) is 0 Å². The van der Waals surface area contributed by atoms with Crippen LogP contribution in [0.3, 0.4) is 0 Å². The predicted octanol–water partition coefficient (Wildman–Crippen LogP) is 4.06. The van der Waals surface area contributed by atoms with Crippen molar-refractivity contribution in [2.45, 2.75) is 19.0 Å². The molecular weight excluding hydrogens is 469 g/mol. The lowest BCUT2D eigenvalue weighted by atomic mass is 9.96. The first kappa shape index (κ1) is 24.2. The van der Waals surface area contributed by atoms with Gasteiger partial charge in [-0.2, -0.15) is 13.2 Å². The Bertz CT molecular complexity index is 1040. The molecule has 0 atom stereocenters. The molecule has 1 aliphatic rings. The number of aromatic nitrogens is 1. The number of esters is 1. The third kappa shape index (κ3) is 6.31. The molecule has 1 aromatic heterocycles. The molecule has 1 amide bonds. The van der Waals surface area contributed by atoms with Crippen LogP contribution in [-0.2, 0) is 20.5 Å². The highest BCUT2D eigenvalue weighted by Gasteiger charge is 2.35. The van der Waals surface area contributed by atoms with Crippen molar-refractivity contribution in [1.82, 2.24) is 4.98 Å². The van der Waals surface area contributed by atoms with Gasteiger partial charge in [0.05, 0.1) is 21.4 Å². The van der Waals surface area contributed by atoms with E-state index < -0.39 is 46.8 Å². The van der Waals surface area contributed by atoms with Gasteiger partial charge in [0.25, 0.3) is 11.6 Å². The van der Waals surface area contributed by atoms with E-state index in [1.807, 2.05) is 0 Å². The minimum absolute atomic E-state index is 0.0506. The Morgan fingerprint density at radius 3 is 2.52 bits per heavy atom. The van der Waals surface area contributed by atoms with E-state index >= 15 is 0 Å². The minimum Gasteiger partial charge on any atom is -0.455 e. The predicted molar refractivity (Wildman–Crippen MR) is 112 cm³/mol. The first-order chi connectivity index (χ1) is 15.5. The number of halogens is 4. The standard InChI is InChI=1S/C20H18ClF3N4O5/c21-14-2-4-17(25-10-14)26-18(29)11-33-19(30)12-5-7-27(8-6-12)15-3-1-13(20(22,23)24)9-16(15)28(31)32/h1-4,9-10,12H,5-8,11H2,(H,25,26,29). The zero-order chi connectivity index (χ0) is 24.2. The number of benzene rings is 1. The molecule has 3 rings (SSSR count). The number of nitrogens with one attached hydrogen (secondary N) is 1. The van der Waals surface area contributed by atoms with E-state index in [1.165, 1.54) is 18.3 Å². The third-order valence-corrected chi connectivity index (χ3v) is 5.23. The van der Waals surface area contributed by atoms with Gasteiger partial charge in [-0.25, -0.2) is 4.98 Å². The fourth-order valence-electron chi connectivity index (χ4n) is 3.35. The molecule has 9 nitrogen and oxygen atoms in total. The summed E-state index contributed by atoms with van der Waals surface area (Å²) in [5, 5.41) is 14.1. The second-order valence-electron chi connectivity index (χ2n) is 7.24. The van der Waals surface area contributed by atoms with Gasteiger partial charge in [0, 0.05) is 25.4 Å². The zero-order valence-corrected chi connectivity index (χ0v) is 17.7. The number of carbonyl (C=O) groups excluding carboxylic acids is 2. The average molecular weight is 487 g/mol. The lowest BCUT2D eigenvalue weighted by molar-refractivity contribution is -0.384. The van der Waals surface area contributed by atoms with Crippen LogP contribution in [0.1, 0.15) is 18.4 Å². The van der Waals surface area contributed by atoms with Gasteiger partial charge in [-0.1, -0.05) is 11.6 Å². The van der Waals surface area contributed by atoms with E-state index in [1.54, 1.807) is 4.90 Å². The van der Waals surface area contributed by atoms with E-state index in [0.717, 1.165) is 12.1 Å². The van der Waals surface area contributed by atoms with Crippen molar-refractivity contribution in [3.63, 3.8) is 0 Å². The molecule has 176 valence electrons. The number of pyridine rings is 1. The topological polar surface area (TPSA) is 115 Å². The van der Waals surface area contributed by atoms with E-state index in [0.29, 0.717) is 11.1 Å². The summed E-state index contributed by atoms with van der Waals surface area (Å²) in [4.78, 5) is 40.1. The van der Waals surface area contributed by atoms with Gasteiger partial charge in [-0.15, -0.1) is 0 Å². The molecule has 1 aliphatic heterocycles. The quantitative estimate of drug-likeness (QED) is 0.372. The van der Waals surface area contributed by atoms with E-state index in [4.69, 9.17) is 16.3 Å². The van der Waals surface area contributed by atoms with Crippen molar-refractivity contribution in [3.8, 4) is 0 Å². The minimum atomic E-state index is -4.70. The summed E-state index contributed by atoms with van der Waals surface area (Å²) in [6.45, 7) is -0.118. The van der Waals surface area contributed by atoms with Gasteiger partial charge in [0.2, 0.25) is 0 Å². The maximum atomic E-state index is 12.9. The molecular formula is C20H18ClF3N4O5. The number of nitrogens with zero attached hydrogens (tertiary/aromatic N) is 3. The second-order valence-corrected chi connectivity index (χ2v) is 7.67. The normalized spacial score (nSPS) is 14.6. The lowest BCUT2D eigenvalue weighted by Crippen LogP contribution is -2.38. The summed E-state index contributed by atoms with van der Waals surface area (Å²) in [5.74, 6) is -1.49. The number of alkyl halides is 3. The van der Waals surface area contributed by atoms with Crippen LogP contribution >= 0.6 is 11.6 Å². The van der Waals surface area contributed by atoms with Crippen molar-refractivity contribution in [3.05, 3.63) is 57.2 Å². The van der Waals surface area contributed by atoms with Crippen molar-refractivity contribution < 1.29 is 32.4 Å². The zero-order valence-electron chi connectivity index (χ0n) is 17.0. The van der Waals surface area contributed by atoms with Gasteiger partial charge in [-0.3, -0.25) is 19.7 Å². The van der Waals surface area contributed by atoms with E-state index in [2.05, 4.69) is 10.3 Å². The highest BCUT2D eigenvalue weighted by Crippen LogP contribution is 2.37. The maximum Gasteiger partial charge on any atom is 0.416 e. The summed E-state index contributed by atoms with van der Waals surface area (Å²) >= 11 is 5.71. The highest BCUT2D eigenvalue weighted by atomic mass is 35.5. The summed E-state index contributed by atoms with van der Waals surface area (Å²) in [6, 6.07) is 5.37. The Hall–Kier alpha value is -3.41. The van der Waals surface area contributed by atoms with E-state index in [9.17, 15) is 32.9 Å². The maximum absolute atomic E-state index is 12.9. The van der Waals surface area contributed by atoms with Crippen molar-refractivity contribution in [1.29, 1.82) is 0 Å². The molecule has 1 aromatic carbocycles. The van der Waals surface area contributed by atoms with Gasteiger partial charge in [0.1, 0.15) is 11.5 Å². The number of ether oxygens (including phenoxy) is 1. The molecule has 1 N–H and O–H groups in total. The molecule has 1 saturated heterocycles. The van der Waals surface area contributed by atoms with Gasteiger partial charge < -0.3 is 15.0 Å². The Morgan fingerprint density at radius 2 is 1.94 bits per heavy atom. The molecule has 13 heteroatoms. The van der Waals surface area contributed by atoms with Crippen LogP contribution in [-0.4, -0.2) is 41.5 Å². The van der Waals surface area contributed by atoms with Crippen LogP contribution in [0, 0.1) is 16.0 Å². The number of rotatable bonds is 6. The molecule has 0 aliphatic carbocycles. The number of carbonyl (C=O) groups is 2. The third-order valence-electron chi connectivity index (χ3n) is 5.01. The SMILES string of the molecule is O=C(COC(=O)C1CCN(c2ccc(C(F)(F)F)cc2[N+](=O)[O-])CC1)Nc1ccc(Cl)cn1. The summed E-state index contributed by atoms with van der Waals surface area (Å²) < 4.78 is 43.7. The van der Waals surface area contributed by atoms with Crippen LogP contribution in [0.15, 0.2) is 36.5 Å². The second kappa shape index (κ2) is 10.0. The van der Waals surface area contributed by atoms with Crippen molar-refractivity contribution >= 4 is 40.7 Å². The Morgan fingerprint density at radius 1 is 1.24 bits per heavy atom. The molecule has 0 unspecified atom stereocenters. The fraction of sp³-hybridized carbons (Fsp3) is 0.350. The number of piperidine rings is 1. The molecule has 0 bridgehead atoms. The largest absolute Gasteiger partial charge is 0.455 e. The first-order valence-electron chi connectivity index (χ1n) is 9.73. The number of amides is 1. The molecule has 33 heavy (non-hydrogen) atoms. The average Bonchev–Trinajstić information content (AvgIpc) is 2.78. The summed E-state index contributed by atoms with van der Waals surface area (Å²) in [7, 11) is 0. The smallest absolute Gasteiger partial charge is 0.416 e. The van der Waals surface area contributed by atoms with Crippen LogP contribution in [0.25, 0.3) is 0 Å². The van der Waals surface area contributed by atoms with Gasteiger partial charge in [0.15, 0.2) is 6.61 Å². The molecule has 0 radical (unpaired) electrons. The Balaban J connectivity index is 1.54. The first-order valence-corrected chi connectivity index (χ1v) is 10.1. The number of anilines is 2. The van der Waals surface area contributed by atoms with Crippen molar-refractivity contribution in [2.75, 3.05) is 29.9 Å². The van der Waals surface area contributed by atoms with Gasteiger partial charge in [-0.05, 0) is 37.1 Å². The van der Waals surface area contributed by atoms with Crippen molar-refractivity contribution in [2.24, 2.45) is 5.92 Å². The molecule has 2 heterocycles. The Kier molecular flexibility index (Phi) is 7.36. The number of nitro groups is 1. The number of hydrogen-bond acceptors (Lipinski definition) is 7. The number of nitro benzene ring substituents is 1. The summed E-state index contributed by atoms with van der Waals surface area (Å²) in [5.41, 5.74) is -1.71. The lowest BCUT2D eigenvalue weighted by Gasteiger charge is -2.32. The monoisotopic (exact) mass is 486 g/mol. The van der Waals surface area contributed by atoms with Gasteiger partial charge >= 0.3 is 12.1 Å². The Labute approximate surface area is 190 Å². The van der Waals surface area contributed by atoms with Crippen LogP contribution < -0.4 is 10.2 Å². The highest BCUT2D eigenvalue weighted by molar-refractivity contribution is 6.30. The molecule has 0 spiro atoms. The number of hydrogen-bond donors (Lipinski definition) is 1. The van der Waals surface area contributed by atoms with Crippen LogP contribution in [0.2, 0.25) is 5.02 Å². The summed E-state index contributed by atoms with van der Waals surface area (Å²) in [6.07, 6.45) is -2.83.